The molecule has 21 heavy (non-hydrogen) atoms. The predicted molar refractivity (Wildman–Crippen MR) is 77.5 cm³/mol. The lowest BCUT2D eigenvalue weighted by molar-refractivity contribution is -0.127. The SMILES string of the molecule is CNC(=O)C1CCN(C(C)C(=O)NC(=O)NC2CC2)CC1. The molecule has 1 saturated carbocycles. The molecular weight excluding hydrogens is 272 g/mol. The first-order chi connectivity index (χ1) is 10.0. The van der Waals surface area contributed by atoms with Crippen LogP contribution in [0.4, 0.5) is 4.79 Å². The van der Waals surface area contributed by atoms with Crippen LogP contribution in [-0.2, 0) is 9.59 Å². The highest BCUT2D eigenvalue weighted by atomic mass is 16.2. The van der Waals surface area contributed by atoms with Crippen molar-refractivity contribution < 1.29 is 14.4 Å². The topological polar surface area (TPSA) is 90.5 Å². The third-order valence-corrected chi connectivity index (χ3v) is 4.22. The van der Waals surface area contributed by atoms with E-state index in [0.717, 1.165) is 25.7 Å². The van der Waals surface area contributed by atoms with Gasteiger partial charge in [-0.25, -0.2) is 4.79 Å². The number of piperidine rings is 1. The van der Waals surface area contributed by atoms with Gasteiger partial charge in [0.2, 0.25) is 11.8 Å². The summed E-state index contributed by atoms with van der Waals surface area (Å²) < 4.78 is 0. The Morgan fingerprint density at radius 3 is 2.24 bits per heavy atom. The predicted octanol–water partition coefficient (Wildman–Crippen LogP) is -0.179. The molecule has 118 valence electrons. The van der Waals surface area contributed by atoms with E-state index >= 15 is 0 Å². The molecule has 1 heterocycles. The van der Waals surface area contributed by atoms with Crippen molar-refractivity contribution in [3.05, 3.63) is 0 Å². The summed E-state index contributed by atoms with van der Waals surface area (Å²) in [5.74, 6) is -0.193. The van der Waals surface area contributed by atoms with E-state index in [4.69, 9.17) is 0 Å². The van der Waals surface area contributed by atoms with Crippen LogP contribution >= 0.6 is 0 Å². The second-order valence-electron chi connectivity index (χ2n) is 5.84. The molecular formula is C14H24N4O3. The summed E-state index contributed by atoms with van der Waals surface area (Å²) in [4.78, 5) is 37.2. The molecule has 0 aromatic rings. The van der Waals surface area contributed by atoms with Gasteiger partial charge < -0.3 is 10.6 Å². The normalized spacial score (nSPS) is 21.4. The van der Waals surface area contributed by atoms with Crippen LogP contribution in [0, 0.1) is 5.92 Å². The Hall–Kier alpha value is -1.63. The fourth-order valence-electron chi connectivity index (χ4n) is 2.58. The molecule has 7 nitrogen and oxygen atoms in total. The van der Waals surface area contributed by atoms with Gasteiger partial charge in [-0.3, -0.25) is 19.8 Å². The average Bonchev–Trinajstić information content (AvgIpc) is 3.29. The zero-order chi connectivity index (χ0) is 15.4. The van der Waals surface area contributed by atoms with Gasteiger partial charge in [-0.2, -0.15) is 0 Å². The Balaban J connectivity index is 1.75. The van der Waals surface area contributed by atoms with Crippen LogP contribution in [0.1, 0.15) is 32.6 Å². The van der Waals surface area contributed by atoms with Gasteiger partial charge in [-0.1, -0.05) is 0 Å². The van der Waals surface area contributed by atoms with Crippen molar-refractivity contribution in [2.75, 3.05) is 20.1 Å². The molecule has 2 fully saturated rings. The fourth-order valence-corrected chi connectivity index (χ4v) is 2.58. The quantitative estimate of drug-likeness (QED) is 0.671. The molecule has 1 aliphatic carbocycles. The number of imide groups is 1. The second kappa shape index (κ2) is 6.89. The Labute approximate surface area is 124 Å². The third-order valence-electron chi connectivity index (χ3n) is 4.22. The molecule has 0 radical (unpaired) electrons. The lowest BCUT2D eigenvalue weighted by Gasteiger charge is -2.34. The van der Waals surface area contributed by atoms with Crippen molar-refractivity contribution in [3.63, 3.8) is 0 Å². The summed E-state index contributed by atoms with van der Waals surface area (Å²) in [6.07, 6.45) is 3.46. The van der Waals surface area contributed by atoms with Gasteiger partial charge in [0.05, 0.1) is 6.04 Å². The molecule has 1 atom stereocenters. The molecule has 0 aromatic carbocycles. The molecule has 1 unspecified atom stereocenters. The lowest BCUT2D eigenvalue weighted by atomic mass is 9.95. The van der Waals surface area contributed by atoms with E-state index in [1.807, 2.05) is 4.90 Å². The minimum atomic E-state index is -0.408. The van der Waals surface area contributed by atoms with Gasteiger partial charge in [-0.15, -0.1) is 0 Å². The summed E-state index contributed by atoms with van der Waals surface area (Å²) in [6, 6.07) is -0.536. The lowest BCUT2D eigenvalue weighted by Crippen LogP contribution is -2.52. The van der Waals surface area contributed by atoms with E-state index in [1.54, 1.807) is 14.0 Å². The van der Waals surface area contributed by atoms with Crippen LogP contribution in [0.15, 0.2) is 0 Å². The van der Waals surface area contributed by atoms with E-state index in [-0.39, 0.29) is 29.8 Å². The molecule has 4 amide bonds. The number of nitrogens with one attached hydrogen (secondary N) is 3. The molecule has 2 aliphatic rings. The Bertz CT molecular complexity index is 414. The van der Waals surface area contributed by atoms with Crippen LogP contribution in [0.5, 0.6) is 0 Å². The van der Waals surface area contributed by atoms with Gasteiger partial charge in [0, 0.05) is 19.0 Å². The zero-order valence-electron chi connectivity index (χ0n) is 12.6. The molecule has 7 heteroatoms. The summed E-state index contributed by atoms with van der Waals surface area (Å²) in [7, 11) is 1.64. The van der Waals surface area contributed by atoms with E-state index in [1.165, 1.54) is 0 Å². The van der Waals surface area contributed by atoms with Gasteiger partial charge in [0.15, 0.2) is 0 Å². The molecule has 2 rings (SSSR count). The Morgan fingerprint density at radius 2 is 1.71 bits per heavy atom. The smallest absolute Gasteiger partial charge is 0.321 e. The monoisotopic (exact) mass is 296 g/mol. The van der Waals surface area contributed by atoms with Crippen LogP contribution in [0.2, 0.25) is 0 Å². The number of carbonyl (C=O) groups is 3. The highest BCUT2D eigenvalue weighted by Gasteiger charge is 2.30. The minimum Gasteiger partial charge on any atom is -0.359 e. The molecule has 0 aromatic heterocycles. The fraction of sp³-hybridized carbons (Fsp3) is 0.786. The van der Waals surface area contributed by atoms with E-state index in [0.29, 0.717) is 13.1 Å². The van der Waals surface area contributed by atoms with E-state index < -0.39 is 6.03 Å². The Morgan fingerprint density at radius 1 is 1.10 bits per heavy atom. The average molecular weight is 296 g/mol. The number of nitrogens with zero attached hydrogens (tertiary/aromatic N) is 1. The molecule has 1 saturated heterocycles. The first-order valence-corrected chi connectivity index (χ1v) is 7.58. The van der Waals surface area contributed by atoms with Gasteiger partial charge >= 0.3 is 6.03 Å². The largest absolute Gasteiger partial charge is 0.359 e. The number of rotatable bonds is 4. The minimum absolute atomic E-state index is 0.0275. The van der Waals surface area contributed by atoms with Gasteiger partial charge in [0.1, 0.15) is 0 Å². The second-order valence-corrected chi connectivity index (χ2v) is 5.84. The summed E-state index contributed by atoms with van der Waals surface area (Å²) >= 11 is 0. The van der Waals surface area contributed by atoms with Crippen molar-refractivity contribution >= 4 is 17.8 Å². The zero-order valence-corrected chi connectivity index (χ0v) is 12.6. The van der Waals surface area contributed by atoms with Crippen LogP contribution < -0.4 is 16.0 Å². The highest BCUT2D eigenvalue weighted by molar-refractivity contribution is 5.97. The van der Waals surface area contributed by atoms with Crippen molar-refractivity contribution in [2.24, 2.45) is 5.92 Å². The maximum atomic E-state index is 12.0. The summed E-state index contributed by atoms with van der Waals surface area (Å²) in [5, 5.41) is 7.78. The standard InChI is InChI=1S/C14H24N4O3/c1-9(12(19)17-14(21)16-11-3-4-11)18-7-5-10(6-8-18)13(20)15-2/h9-11H,3-8H2,1-2H3,(H,15,20)(H2,16,17,19,21). The molecule has 0 spiro atoms. The number of carbonyl (C=O) groups excluding carboxylic acids is 3. The maximum absolute atomic E-state index is 12.0. The first kappa shape index (κ1) is 15.8. The molecule has 1 aliphatic heterocycles. The van der Waals surface area contributed by atoms with E-state index in [9.17, 15) is 14.4 Å². The summed E-state index contributed by atoms with van der Waals surface area (Å²) in [6.45, 7) is 3.17. The number of amides is 4. The molecule has 3 N–H and O–H groups in total. The van der Waals surface area contributed by atoms with Crippen molar-refractivity contribution in [1.29, 1.82) is 0 Å². The Kier molecular flexibility index (Phi) is 5.17. The number of hydrogen-bond acceptors (Lipinski definition) is 4. The molecule has 0 bridgehead atoms. The van der Waals surface area contributed by atoms with E-state index in [2.05, 4.69) is 16.0 Å². The van der Waals surface area contributed by atoms with Gasteiger partial charge in [0.25, 0.3) is 0 Å². The van der Waals surface area contributed by atoms with Crippen LogP contribution in [0.3, 0.4) is 0 Å². The number of likely N-dealkylation sites (tertiary alicyclic amines) is 1. The van der Waals surface area contributed by atoms with Crippen molar-refractivity contribution in [1.82, 2.24) is 20.9 Å². The third kappa shape index (κ3) is 4.42. The number of hydrogen-bond donors (Lipinski definition) is 3. The van der Waals surface area contributed by atoms with Gasteiger partial charge in [-0.05, 0) is 45.7 Å². The van der Waals surface area contributed by atoms with Crippen molar-refractivity contribution in [3.8, 4) is 0 Å². The maximum Gasteiger partial charge on any atom is 0.321 e. The first-order valence-electron chi connectivity index (χ1n) is 7.58. The van der Waals surface area contributed by atoms with Crippen LogP contribution in [0.25, 0.3) is 0 Å². The summed E-state index contributed by atoms with van der Waals surface area (Å²) in [5.41, 5.74) is 0. The van der Waals surface area contributed by atoms with Crippen molar-refractivity contribution in [2.45, 2.75) is 44.7 Å². The van der Waals surface area contributed by atoms with Crippen LogP contribution in [-0.4, -0.2) is 55.0 Å². The number of urea groups is 1. The highest BCUT2D eigenvalue weighted by Crippen LogP contribution is 2.19.